The fourth-order valence-corrected chi connectivity index (χ4v) is 4.01. The number of carboxylic acids is 1. The summed E-state index contributed by atoms with van der Waals surface area (Å²) in [4.78, 5) is 22.4. The molecule has 0 aromatic rings. The van der Waals surface area contributed by atoms with E-state index in [0.717, 1.165) is 32.0 Å². The third kappa shape index (κ3) is 6.08. The number of halogens is 1. The van der Waals surface area contributed by atoms with Crippen molar-refractivity contribution in [1.29, 1.82) is 0 Å². The van der Waals surface area contributed by atoms with Crippen molar-refractivity contribution in [1.82, 2.24) is 0 Å². The van der Waals surface area contributed by atoms with E-state index >= 15 is 0 Å². The van der Waals surface area contributed by atoms with E-state index in [1.165, 1.54) is 0 Å². The Bertz CT molecular complexity index is 461. The van der Waals surface area contributed by atoms with Gasteiger partial charge in [0.25, 0.3) is 0 Å². The van der Waals surface area contributed by atoms with Gasteiger partial charge in [0.05, 0.1) is 12.0 Å². The number of aldehydes is 1. The summed E-state index contributed by atoms with van der Waals surface area (Å²) >= 11 is 6.48. The van der Waals surface area contributed by atoms with Crippen LogP contribution in [0.15, 0.2) is 12.2 Å². The molecule has 0 bridgehead atoms. The van der Waals surface area contributed by atoms with Crippen LogP contribution in [0.1, 0.15) is 51.9 Å². The summed E-state index contributed by atoms with van der Waals surface area (Å²) in [6.07, 6.45) is 10.3. The molecule has 142 valence electrons. The van der Waals surface area contributed by atoms with Gasteiger partial charge in [-0.05, 0) is 50.9 Å². The van der Waals surface area contributed by atoms with Gasteiger partial charge in [0.15, 0.2) is 6.29 Å². The first kappa shape index (κ1) is 20.4. The molecular weight excluding hydrogens is 344 g/mol. The van der Waals surface area contributed by atoms with Crippen molar-refractivity contribution in [2.24, 2.45) is 17.8 Å². The number of aliphatic carboxylic acids is 1. The number of alkyl halides is 1. The molecule has 1 saturated carbocycles. The molecule has 6 atom stereocenters. The lowest BCUT2D eigenvalue weighted by atomic mass is 9.92. The van der Waals surface area contributed by atoms with Gasteiger partial charge in [-0.25, -0.2) is 0 Å². The highest BCUT2D eigenvalue weighted by Crippen LogP contribution is 2.40. The second-order valence-electron chi connectivity index (χ2n) is 7.12. The van der Waals surface area contributed by atoms with E-state index in [4.69, 9.17) is 26.2 Å². The number of carbonyl (C=O) groups is 2. The molecule has 1 aliphatic heterocycles. The number of ether oxygens (including phenoxy) is 2. The maximum Gasteiger partial charge on any atom is 0.306 e. The molecule has 0 amide bonds. The average molecular weight is 373 g/mol. The first-order chi connectivity index (χ1) is 12.0. The van der Waals surface area contributed by atoms with Gasteiger partial charge in [-0.15, -0.1) is 11.6 Å². The molecule has 0 aromatic carbocycles. The Morgan fingerprint density at radius 1 is 1.40 bits per heavy atom. The standard InChI is InChI=1S/C19H29ClO5/c1-13(19(22)23)7-3-2-4-8-14-15(12-21)17(11-16(14)20)25-18-9-5-6-10-24-18/h2,4,12-18H,3,5-11H2,1H3,(H,22,23)/t13?,14-,15-,16-,17-,18?/m1/s1. The number of carboxylic acid groups (broad SMARTS) is 1. The van der Waals surface area contributed by atoms with Crippen molar-refractivity contribution in [3.05, 3.63) is 12.2 Å². The molecule has 2 fully saturated rings. The smallest absolute Gasteiger partial charge is 0.306 e. The first-order valence-corrected chi connectivity index (χ1v) is 9.70. The van der Waals surface area contributed by atoms with Crippen LogP contribution in [-0.2, 0) is 19.1 Å². The third-order valence-corrected chi connectivity index (χ3v) is 5.73. The Hall–Kier alpha value is -0.910. The maximum atomic E-state index is 11.6. The summed E-state index contributed by atoms with van der Waals surface area (Å²) in [5, 5.41) is 8.78. The van der Waals surface area contributed by atoms with Crippen LogP contribution in [0, 0.1) is 17.8 Å². The van der Waals surface area contributed by atoms with Crippen molar-refractivity contribution >= 4 is 23.9 Å². The van der Waals surface area contributed by atoms with E-state index in [1.807, 2.05) is 12.2 Å². The van der Waals surface area contributed by atoms with Gasteiger partial charge < -0.3 is 19.4 Å². The van der Waals surface area contributed by atoms with Crippen LogP contribution in [0.2, 0.25) is 0 Å². The summed E-state index contributed by atoms with van der Waals surface area (Å²) in [6, 6.07) is 0. The van der Waals surface area contributed by atoms with Crippen LogP contribution in [0.25, 0.3) is 0 Å². The summed E-state index contributed by atoms with van der Waals surface area (Å²) in [6.45, 7) is 2.42. The fraction of sp³-hybridized carbons (Fsp3) is 0.789. The number of hydrogen-bond donors (Lipinski definition) is 1. The zero-order valence-corrected chi connectivity index (χ0v) is 15.6. The molecule has 1 aliphatic carbocycles. The highest BCUT2D eigenvalue weighted by atomic mass is 35.5. The van der Waals surface area contributed by atoms with Crippen LogP contribution < -0.4 is 0 Å². The molecule has 0 radical (unpaired) electrons. The van der Waals surface area contributed by atoms with Crippen molar-refractivity contribution in [2.45, 2.75) is 69.6 Å². The van der Waals surface area contributed by atoms with Crippen LogP contribution in [0.3, 0.4) is 0 Å². The Morgan fingerprint density at radius 2 is 2.20 bits per heavy atom. The first-order valence-electron chi connectivity index (χ1n) is 9.27. The Labute approximate surface area is 154 Å². The number of allylic oxidation sites excluding steroid dienone is 2. The summed E-state index contributed by atoms with van der Waals surface area (Å²) in [5.41, 5.74) is 0. The Morgan fingerprint density at radius 3 is 2.84 bits per heavy atom. The van der Waals surface area contributed by atoms with Crippen molar-refractivity contribution in [3.63, 3.8) is 0 Å². The lowest BCUT2D eigenvalue weighted by Gasteiger charge is -2.28. The molecule has 0 aromatic heterocycles. The molecule has 1 N–H and O–H groups in total. The third-order valence-electron chi connectivity index (χ3n) is 5.23. The zero-order chi connectivity index (χ0) is 18.2. The lowest BCUT2D eigenvalue weighted by Crippen LogP contribution is -2.31. The molecule has 2 aliphatic rings. The summed E-state index contributed by atoms with van der Waals surface area (Å²) in [5.74, 6) is -1.26. The van der Waals surface area contributed by atoms with E-state index in [1.54, 1.807) is 6.92 Å². The lowest BCUT2D eigenvalue weighted by molar-refractivity contribution is -0.194. The van der Waals surface area contributed by atoms with Crippen molar-refractivity contribution in [2.75, 3.05) is 6.61 Å². The molecule has 1 heterocycles. The minimum absolute atomic E-state index is 0.0564. The van der Waals surface area contributed by atoms with E-state index < -0.39 is 5.97 Å². The highest BCUT2D eigenvalue weighted by Gasteiger charge is 2.43. The predicted octanol–water partition coefficient (Wildman–Crippen LogP) is 3.79. The largest absolute Gasteiger partial charge is 0.481 e. The molecular formula is C19H29ClO5. The van der Waals surface area contributed by atoms with Gasteiger partial charge in [-0.3, -0.25) is 4.79 Å². The summed E-state index contributed by atoms with van der Waals surface area (Å²) in [7, 11) is 0. The van der Waals surface area contributed by atoms with Gasteiger partial charge in [-0.1, -0.05) is 19.1 Å². The zero-order valence-electron chi connectivity index (χ0n) is 14.8. The van der Waals surface area contributed by atoms with Crippen LogP contribution in [-0.4, -0.2) is 41.7 Å². The van der Waals surface area contributed by atoms with Gasteiger partial charge >= 0.3 is 5.97 Å². The maximum absolute atomic E-state index is 11.6. The topological polar surface area (TPSA) is 72.8 Å². The Balaban J connectivity index is 1.80. The molecule has 5 nitrogen and oxygen atoms in total. The molecule has 0 spiro atoms. The minimum Gasteiger partial charge on any atom is -0.481 e. The van der Waals surface area contributed by atoms with Gasteiger partial charge in [0.1, 0.15) is 6.29 Å². The van der Waals surface area contributed by atoms with Crippen molar-refractivity contribution in [3.8, 4) is 0 Å². The van der Waals surface area contributed by atoms with Crippen LogP contribution in [0.5, 0.6) is 0 Å². The number of carbonyl (C=O) groups excluding carboxylic acids is 1. The fourth-order valence-electron chi connectivity index (χ4n) is 3.56. The monoisotopic (exact) mass is 372 g/mol. The van der Waals surface area contributed by atoms with E-state index in [-0.39, 0.29) is 35.5 Å². The normalized spacial score (nSPS) is 34.2. The van der Waals surface area contributed by atoms with Gasteiger partial charge in [0.2, 0.25) is 0 Å². The highest BCUT2D eigenvalue weighted by molar-refractivity contribution is 6.21. The predicted molar refractivity (Wildman–Crippen MR) is 95.6 cm³/mol. The number of hydrogen-bond acceptors (Lipinski definition) is 4. The van der Waals surface area contributed by atoms with Gasteiger partial charge in [0, 0.05) is 17.9 Å². The van der Waals surface area contributed by atoms with Crippen LogP contribution >= 0.6 is 11.6 Å². The molecule has 2 rings (SSSR count). The van der Waals surface area contributed by atoms with E-state index in [2.05, 4.69) is 0 Å². The molecule has 25 heavy (non-hydrogen) atoms. The van der Waals surface area contributed by atoms with Gasteiger partial charge in [-0.2, -0.15) is 0 Å². The SMILES string of the molecule is CC(CCC=CC[C@@H]1[C@@H](C=O)[C@H](OC2CCCCO2)C[C@H]1Cl)C(=O)O. The number of rotatable bonds is 9. The van der Waals surface area contributed by atoms with Crippen LogP contribution in [0.4, 0.5) is 0 Å². The van der Waals surface area contributed by atoms with Crippen molar-refractivity contribution < 1.29 is 24.2 Å². The summed E-state index contributed by atoms with van der Waals surface area (Å²) < 4.78 is 11.6. The second kappa shape index (κ2) is 10.3. The molecule has 6 heteroatoms. The Kier molecular flexibility index (Phi) is 8.40. The molecule has 1 saturated heterocycles. The molecule has 2 unspecified atom stereocenters. The minimum atomic E-state index is -0.768. The quantitative estimate of drug-likeness (QED) is 0.378. The van der Waals surface area contributed by atoms with E-state index in [0.29, 0.717) is 25.9 Å². The average Bonchev–Trinajstić information content (AvgIpc) is 2.89. The second-order valence-corrected chi connectivity index (χ2v) is 7.68. The van der Waals surface area contributed by atoms with E-state index in [9.17, 15) is 9.59 Å².